The van der Waals surface area contributed by atoms with Gasteiger partial charge in [-0.3, -0.25) is 4.79 Å². The molecule has 2 N–H and O–H groups in total. The van der Waals surface area contributed by atoms with Crippen LogP contribution in [0.2, 0.25) is 0 Å². The van der Waals surface area contributed by atoms with Crippen molar-refractivity contribution in [1.82, 2.24) is 4.90 Å². The van der Waals surface area contributed by atoms with E-state index >= 15 is 0 Å². The molecule has 0 spiro atoms. The molecule has 0 aromatic rings. The van der Waals surface area contributed by atoms with Crippen molar-refractivity contribution in [3.63, 3.8) is 0 Å². The first kappa shape index (κ1) is 13.6. The lowest BCUT2D eigenvalue weighted by Gasteiger charge is -2.30. The number of hydrogen-bond donors (Lipinski definition) is 1. The summed E-state index contributed by atoms with van der Waals surface area (Å²) in [5.74, 6) is 0.799. The van der Waals surface area contributed by atoms with Crippen LogP contribution >= 0.6 is 0 Å². The standard InChI is InChI=1S/C15H26N2O/c1-17(14-9-5-8-13(14)11-16)15(18)10-12-6-3-2-4-7-12/h6,13-14H,2-5,7-11,16H2,1H3. The average Bonchev–Trinajstić information content (AvgIpc) is 2.87. The van der Waals surface area contributed by atoms with Gasteiger partial charge in [-0.15, -0.1) is 0 Å². The van der Waals surface area contributed by atoms with Crippen LogP contribution in [-0.4, -0.2) is 30.4 Å². The van der Waals surface area contributed by atoms with Gasteiger partial charge in [-0.2, -0.15) is 0 Å². The van der Waals surface area contributed by atoms with E-state index < -0.39 is 0 Å². The smallest absolute Gasteiger partial charge is 0.226 e. The van der Waals surface area contributed by atoms with Crippen LogP contribution in [0.4, 0.5) is 0 Å². The maximum atomic E-state index is 12.3. The Balaban J connectivity index is 1.89. The van der Waals surface area contributed by atoms with Gasteiger partial charge in [0.25, 0.3) is 0 Å². The van der Waals surface area contributed by atoms with Gasteiger partial charge in [0.15, 0.2) is 0 Å². The zero-order valence-electron chi connectivity index (χ0n) is 11.5. The maximum Gasteiger partial charge on any atom is 0.226 e. The third kappa shape index (κ3) is 3.14. The summed E-state index contributed by atoms with van der Waals surface area (Å²) < 4.78 is 0. The first-order valence-corrected chi connectivity index (χ1v) is 7.36. The van der Waals surface area contributed by atoms with Gasteiger partial charge in [-0.05, 0) is 51.0 Å². The summed E-state index contributed by atoms with van der Waals surface area (Å²) >= 11 is 0. The molecule has 2 unspecified atom stereocenters. The van der Waals surface area contributed by atoms with Crippen molar-refractivity contribution < 1.29 is 4.79 Å². The summed E-state index contributed by atoms with van der Waals surface area (Å²) in [4.78, 5) is 14.3. The van der Waals surface area contributed by atoms with Gasteiger partial charge in [-0.25, -0.2) is 0 Å². The lowest BCUT2D eigenvalue weighted by molar-refractivity contribution is -0.131. The molecule has 3 heteroatoms. The van der Waals surface area contributed by atoms with Gasteiger partial charge in [0.2, 0.25) is 5.91 Å². The number of nitrogens with zero attached hydrogens (tertiary/aromatic N) is 1. The Morgan fingerprint density at radius 3 is 2.89 bits per heavy atom. The van der Waals surface area contributed by atoms with Gasteiger partial charge >= 0.3 is 0 Å². The summed E-state index contributed by atoms with van der Waals surface area (Å²) in [6.45, 7) is 0.713. The van der Waals surface area contributed by atoms with E-state index in [9.17, 15) is 4.79 Å². The second kappa shape index (κ2) is 6.37. The van der Waals surface area contributed by atoms with E-state index in [1.54, 1.807) is 0 Å². The van der Waals surface area contributed by atoms with Gasteiger partial charge in [-0.1, -0.05) is 18.1 Å². The van der Waals surface area contributed by atoms with Crippen LogP contribution < -0.4 is 5.73 Å². The van der Waals surface area contributed by atoms with Gasteiger partial charge in [0.05, 0.1) is 0 Å². The number of rotatable bonds is 4. The highest BCUT2D eigenvalue weighted by molar-refractivity contribution is 5.78. The van der Waals surface area contributed by atoms with Crippen LogP contribution in [0.15, 0.2) is 11.6 Å². The van der Waals surface area contributed by atoms with E-state index in [-0.39, 0.29) is 5.91 Å². The fraction of sp³-hybridized carbons (Fsp3) is 0.800. The molecule has 2 rings (SSSR count). The monoisotopic (exact) mass is 250 g/mol. The number of carbonyl (C=O) groups is 1. The SMILES string of the molecule is CN(C(=O)CC1=CCCCC1)C1CCCC1CN. The summed E-state index contributed by atoms with van der Waals surface area (Å²) in [5, 5.41) is 0. The van der Waals surface area contributed by atoms with E-state index in [1.165, 1.54) is 31.3 Å². The van der Waals surface area contributed by atoms with Crippen molar-refractivity contribution in [2.24, 2.45) is 11.7 Å². The molecule has 18 heavy (non-hydrogen) atoms. The summed E-state index contributed by atoms with van der Waals surface area (Å²) in [6.07, 6.45) is 11.2. The van der Waals surface area contributed by atoms with Crippen LogP contribution in [0.25, 0.3) is 0 Å². The molecule has 0 aromatic carbocycles. The fourth-order valence-electron chi connectivity index (χ4n) is 3.37. The van der Waals surface area contributed by atoms with Gasteiger partial charge < -0.3 is 10.6 Å². The summed E-state index contributed by atoms with van der Waals surface area (Å²) in [7, 11) is 1.96. The number of nitrogens with two attached hydrogens (primary N) is 1. The van der Waals surface area contributed by atoms with Crippen molar-refractivity contribution >= 4 is 5.91 Å². The van der Waals surface area contributed by atoms with Crippen LogP contribution in [0.5, 0.6) is 0 Å². The topological polar surface area (TPSA) is 46.3 Å². The van der Waals surface area contributed by atoms with Crippen molar-refractivity contribution in [2.45, 2.75) is 57.4 Å². The maximum absolute atomic E-state index is 12.3. The van der Waals surface area contributed by atoms with E-state index in [0.717, 1.165) is 19.3 Å². The van der Waals surface area contributed by atoms with Crippen molar-refractivity contribution in [1.29, 1.82) is 0 Å². The Hall–Kier alpha value is -0.830. The quantitative estimate of drug-likeness (QED) is 0.779. The predicted octanol–water partition coefficient (Wildman–Crippen LogP) is 2.46. The Bertz CT molecular complexity index is 324. The van der Waals surface area contributed by atoms with Crippen LogP contribution in [0.1, 0.15) is 51.4 Å². The molecule has 102 valence electrons. The highest BCUT2D eigenvalue weighted by Crippen LogP contribution is 2.29. The largest absolute Gasteiger partial charge is 0.342 e. The molecular weight excluding hydrogens is 224 g/mol. The van der Waals surface area contributed by atoms with Crippen LogP contribution in [0.3, 0.4) is 0 Å². The molecule has 0 bridgehead atoms. The molecular formula is C15H26N2O. The van der Waals surface area contributed by atoms with E-state index in [1.807, 2.05) is 11.9 Å². The van der Waals surface area contributed by atoms with Crippen LogP contribution in [-0.2, 0) is 4.79 Å². The Kier molecular flexibility index (Phi) is 4.81. The minimum Gasteiger partial charge on any atom is -0.342 e. The molecule has 2 atom stereocenters. The zero-order chi connectivity index (χ0) is 13.0. The summed E-state index contributed by atoms with van der Waals surface area (Å²) in [6, 6.07) is 0.381. The van der Waals surface area contributed by atoms with Crippen LogP contribution in [0, 0.1) is 5.92 Å². The van der Waals surface area contributed by atoms with E-state index in [4.69, 9.17) is 5.73 Å². The molecule has 2 aliphatic rings. The number of allylic oxidation sites excluding steroid dienone is 1. The number of amides is 1. The van der Waals surface area contributed by atoms with Gasteiger partial charge in [0, 0.05) is 19.5 Å². The highest BCUT2D eigenvalue weighted by Gasteiger charge is 2.31. The predicted molar refractivity (Wildman–Crippen MR) is 74.1 cm³/mol. The Labute approximate surface area is 110 Å². The summed E-state index contributed by atoms with van der Waals surface area (Å²) in [5.41, 5.74) is 7.14. The fourth-order valence-corrected chi connectivity index (χ4v) is 3.37. The Morgan fingerprint density at radius 2 is 2.22 bits per heavy atom. The lowest BCUT2D eigenvalue weighted by atomic mass is 9.96. The molecule has 0 aromatic heterocycles. The molecule has 1 fully saturated rings. The van der Waals surface area contributed by atoms with Crippen molar-refractivity contribution in [2.75, 3.05) is 13.6 Å². The molecule has 0 aliphatic heterocycles. The molecule has 0 radical (unpaired) electrons. The zero-order valence-corrected chi connectivity index (χ0v) is 11.5. The first-order chi connectivity index (χ1) is 8.72. The molecule has 0 heterocycles. The lowest BCUT2D eigenvalue weighted by Crippen LogP contribution is -2.41. The van der Waals surface area contributed by atoms with Crippen molar-refractivity contribution in [3.8, 4) is 0 Å². The highest BCUT2D eigenvalue weighted by atomic mass is 16.2. The third-order valence-corrected chi connectivity index (χ3v) is 4.58. The first-order valence-electron chi connectivity index (χ1n) is 7.36. The average molecular weight is 250 g/mol. The molecule has 0 saturated heterocycles. The molecule has 1 amide bonds. The molecule has 2 aliphatic carbocycles. The van der Waals surface area contributed by atoms with Gasteiger partial charge in [0.1, 0.15) is 0 Å². The number of carbonyl (C=O) groups excluding carboxylic acids is 1. The normalized spacial score (nSPS) is 28.0. The number of hydrogen-bond acceptors (Lipinski definition) is 2. The Morgan fingerprint density at radius 1 is 1.39 bits per heavy atom. The third-order valence-electron chi connectivity index (χ3n) is 4.58. The second-order valence-corrected chi connectivity index (χ2v) is 5.78. The minimum absolute atomic E-state index is 0.286. The second-order valence-electron chi connectivity index (χ2n) is 5.78. The minimum atomic E-state index is 0.286. The molecule has 3 nitrogen and oxygen atoms in total. The molecule has 1 saturated carbocycles. The van der Waals surface area contributed by atoms with Crippen molar-refractivity contribution in [3.05, 3.63) is 11.6 Å². The van der Waals surface area contributed by atoms with E-state index in [0.29, 0.717) is 24.9 Å². The van der Waals surface area contributed by atoms with E-state index in [2.05, 4.69) is 6.08 Å².